The van der Waals surface area contributed by atoms with Gasteiger partial charge in [0.2, 0.25) is 0 Å². The van der Waals surface area contributed by atoms with Crippen LogP contribution in [0.25, 0.3) is 0 Å². The highest BCUT2D eigenvalue weighted by molar-refractivity contribution is 6.32. The number of carbonyl (C=O) groups excluding carboxylic acids is 4. The Labute approximate surface area is 230 Å². The van der Waals surface area contributed by atoms with Gasteiger partial charge >= 0.3 is 0 Å². The highest BCUT2D eigenvalue weighted by Crippen LogP contribution is 2.27. The topological polar surface area (TPSA) is 92.8 Å². The van der Waals surface area contributed by atoms with Crippen molar-refractivity contribution in [3.05, 3.63) is 99.6 Å². The monoisotopic (exact) mass is 552 g/mol. The number of hydrogen-bond acceptors (Lipinski definition) is 5. The lowest BCUT2D eigenvalue weighted by Crippen LogP contribution is -2.47. The van der Waals surface area contributed by atoms with Crippen molar-refractivity contribution in [2.24, 2.45) is 0 Å². The Morgan fingerprint density at radius 2 is 1.53 bits per heavy atom. The van der Waals surface area contributed by atoms with Crippen LogP contribution in [0, 0.1) is 0 Å². The molecule has 1 heterocycles. The molecule has 0 radical (unpaired) electrons. The fraction of sp³-hybridized carbons (Fsp3) is 0.241. The van der Waals surface area contributed by atoms with Crippen molar-refractivity contribution in [1.29, 1.82) is 0 Å². The van der Waals surface area contributed by atoms with Gasteiger partial charge in [0.05, 0.1) is 34.2 Å². The zero-order chi connectivity index (χ0) is 27.4. The number of amides is 3. The summed E-state index contributed by atoms with van der Waals surface area (Å²) in [5, 5.41) is 3.23. The molecule has 0 fully saturated rings. The largest absolute Gasteiger partial charge is 0.489 e. The maximum Gasteiger partial charge on any atom is 0.261 e. The lowest BCUT2D eigenvalue weighted by atomic mass is 10.0. The number of carbonyl (C=O) groups is 4. The Morgan fingerprint density at radius 1 is 0.921 bits per heavy atom. The van der Waals surface area contributed by atoms with Gasteiger partial charge < -0.3 is 10.1 Å². The number of alkyl halides is 1. The van der Waals surface area contributed by atoms with E-state index in [1.54, 1.807) is 60.7 Å². The molecule has 0 aromatic heterocycles. The average Bonchev–Trinajstić information content (AvgIpc) is 3.14. The summed E-state index contributed by atoms with van der Waals surface area (Å²) in [5.74, 6) is -1.10. The molecule has 1 unspecified atom stereocenters. The van der Waals surface area contributed by atoms with Crippen molar-refractivity contribution in [3.63, 3.8) is 0 Å². The van der Waals surface area contributed by atoms with Gasteiger partial charge in [0.1, 0.15) is 5.75 Å². The summed E-state index contributed by atoms with van der Waals surface area (Å²) >= 11 is 12.0. The van der Waals surface area contributed by atoms with Crippen molar-refractivity contribution >= 4 is 46.7 Å². The lowest BCUT2D eigenvalue weighted by Gasteiger charge is -2.24. The molecule has 4 rings (SSSR count). The van der Waals surface area contributed by atoms with Crippen molar-refractivity contribution in [2.45, 2.75) is 32.4 Å². The van der Waals surface area contributed by atoms with E-state index in [0.29, 0.717) is 39.4 Å². The summed E-state index contributed by atoms with van der Waals surface area (Å²) in [7, 11) is 0. The van der Waals surface area contributed by atoms with Gasteiger partial charge in [-0.2, -0.15) is 0 Å². The number of Topliss-reactive ketones (excluding diaryl/α,β-unsaturated/α-hetero) is 1. The molecule has 1 atom stereocenters. The van der Waals surface area contributed by atoms with Crippen LogP contribution >= 0.6 is 23.2 Å². The summed E-state index contributed by atoms with van der Waals surface area (Å²) in [6.07, 6.45) is 0.221. The van der Waals surface area contributed by atoms with Crippen molar-refractivity contribution < 1.29 is 23.9 Å². The van der Waals surface area contributed by atoms with Crippen LogP contribution in [-0.4, -0.2) is 53.0 Å². The number of nitrogens with zero attached hydrogens (tertiary/aromatic N) is 1. The summed E-state index contributed by atoms with van der Waals surface area (Å²) in [6.45, 7) is 3.71. The predicted octanol–water partition coefficient (Wildman–Crippen LogP) is 5.19. The van der Waals surface area contributed by atoms with Gasteiger partial charge in [-0.05, 0) is 56.2 Å². The quantitative estimate of drug-likeness (QED) is 0.212. The third kappa shape index (κ3) is 6.06. The number of benzene rings is 3. The molecule has 38 heavy (non-hydrogen) atoms. The number of ketones is 1. The molecule has 0 saturated carbocycles. The number of fused-ring (bicyclic) bond motifs is 1. The van der Waals surface area contributed by atoms with Gasteiger partial charge in [0.15, 0.2) is 5.78 Å². The molecule has 1 aliphatic rings. The molecule has 0 spiro atoms. The molecule has 1 aliphatic heterocycles. The van der Waals surface area contributed by atoms with E-state index in [4.69, 9.17) is 27.9 Å². The van der Waals surface area contributed by atoms with Crippen LogP contribution in [0.3, 0.4) is 0 Å². The van der Waals surface area contributed by atoms with Crippen LogP contribution in [-0.2, 0) is 6.42 Å². The van der Waals surface area contributed by atoms with Crippen LogP contribution in [0.1, 0.15) is 60.8 Å². The van der Waals surface area contributed by atoms with E-state index in [1.165, 1.54) is 6.07 Å². The Bertz CT molecular complexity index is 1350. The first kappa shape index (κ1) is 27.4. The van der Waals surface area contributed by atoms with E-state index < -0.39 is 23.8 Å². The zero-order valence-electron chi connectivity index (χ0n) is 20.9. The molecule has 196 valence electrons. The van der Waals surface area contributed by atoms with Gasteiger partial charge in [0.25, 0.3) is 17.7 Å². The third-order valence-electron chi connectivity index (χ3n) is 6.05. The number of rotatable bonds is 10. The zero-order valence-corrected chi connectivity index (χ0v) is 22.4. The molecule has 0 bridgehead atoms. The van der Waals surface area contributed by atoms with E-state index in [-0.39, 0.29) is 24.3 Å². The molecular weight excluding hydrogens is 527 g/mol. The number of hydrogen-bond donors (Lipinski definition) is 1. The third-order valence-corrected chi connectivity index (χ3v) is 6.59. The van der Waals surface area contributed by atoms with Crippen molar-refractivity contribution in [3.8, 4) is 5.75 Å². The number of halogens is 2. The Kier molecular flexibility index (Phi) is 8.49. The van der Waals surface area contributed by atoms with Gasteiger partial charge in [-0.1, -0.05) is 48.0 Å². The minimum Gasteiger partial charge on any atom is -0.489 e. The van der Waals surface area contributed by atoms with E-state index in [9.17, 15) is 19.2 Å². The van der Waals surface area contributed by atoms with Crippen LogP contribution in [0.5, 0.6) is 5.75 Å². The van der Waals surface area contributed by atoms with E-state index in [1.807, 2.05) is 13.8 Å². The molecule has 0 aliphatic carbocycles. The fourth-order valence-electron chi connectivity index (χ4n) is 4.24. The van der Waals surface area contributed by atoms with Gasteiger partial charge in [0, 0.05) is 17.7 Å². The molecule has 9 heteroatoms. The summed E-state index contributed by atoms with van der Waals surface area (Å²) < 4.78 is 5.64. The normalized spacial score (nSPS) is 13.4. The first-order valence-electron chi connectivity index (χ1n) is 12.1. The SMILES string of the molecule is CC(C)Oc1ccc(C(=O)NC(Cc2ccc(C(=O)CCl)cc2)CN2C(=O)c3ccccc3C2=O)cc1Cl. The average molecular weight is 553 g/mol. The molecule has 0 saturated heterocycles. The minimum atomic E-state index is -0.621. The van der Waals surface area contributed by atoms with E-state index in [0.717, 1.165) is 10.5 Å². The second kappa shape index (κ2) is 11.8. The Balaban J connectivity index is 1.57. The van der Waals surface area contributed by atoms with E-state index in [2.05, 4.69) is 5.32 Å². The second-order valence-electron chi connectivity index (χ2n) is 9.21. The smallest absolute Gasteiger partial charge is 0.261 e. The molecule has 1 N–H and O–H groups in total. The first-order chi connectivity index (χ1) is 18.2. The van der Waals surface area contributed by atoms with Crippen LogP contribution < -0.4 is 10.1 Å². The summed E-state index contributed by atoms with van der Waals surface area (Å²) in [4.78, 5) is 52.2. The van der Waals surface area contributed by atoms with Crippen molar-refractivity contribution in [2.75, 3.05) is 12.4 Å². The number of imide groups is 1. The minimum absolute atomic E-state index is 0.0390. The summed E-state index contributed by atoms with van der Waals surface area (Å²) in [5.41, 5.74) is 2.25. The number of nitrogens with one attached hydrogen (secondary N) is 1. The maximum atomic E-state index is 13.2. The summed E-state index contributed by atoms with van der Waals surface area (Å²) in [6, 6.07) is 17.6. The van der Waals surface area contributed by atoms with E-state index >= 15 is 0 Å². The van der Waals surface area contributed by atoms with Gasteiger partial charge in [-0.15, -0.1) is 11.6 Å². The molecule has 7 nitrogen and oxygen atoms in total. The van der Waals surface area contributed by atoms with Crippen molar-refractivity contribution in [1.82, 2.24) is 10.2 Å². The highest BCUT2D eigenvalue weighted by atomic mass is 35.5. The molecule has 3 amide bonds. The van der Waals surface area contributed by atoms with Gasteiger partial charge in [-0.25, -0.2) is 0 Å². The fourth-order valence-corrected chi connectivity index (χ4v) is 4.61. The molecule has 3 aromatic rings. The van der Waals surface area contributed by atoms with Crippen LogP contribution in [0.2, 0.25) is 5.02 Å². The second-order valence-corrected chi connectivity index (χ2v) is 9.88. The van der Waals surface area contributed by atoms with Crippen LogP contribution in [0.15, 0.2) is 66.7 Å². The van der Waals surface area contributed by atoms with Crippen LogP contribution in [0.4, 0.5) is 0 Å². The number of ether oxygens (including phenoxy) is 1. The first-order valence-corrected chi connectivity index (χ1v) is 13.0. The van der Waals surface area contributed by atoms with Gasteiger partial charge in [-0.3, -0.25) is 24.1 Å². The molecular formula is C29H26Cl2N2O5. The highest BCUT2D eigenvalue weighted by Gasteiger charge is 2.36. The standard InChI is InChI=1S/C29H26Cl2N2O5/c1-17(2)38-26-12-11-20(14-24(26)31)27(35)32-21(13-18-7-9-19(10-8-18)25(34)15-30)16-33-28(36)22-5-3-4-6-23(22)29(33)37/h3-12,14,17,21H,13,15-16H2,1-2H3,(H,32,35). The Hall–Kier alpha value is -3.68. The lowest BCUT2D eigenvalue weighted by molar-refractivity contribution is 0.0628. The maximum absolute atomic E-state index is 13.2. The predicted molar refractivity (Wildman–Crippen MR) is 145 cm³/mol. The Morgan fingerprint density at radius 3 is 2.08 bits per heavy atom. The molecule has 3 aromatic carbocycles.